The third-order valence-corrected chi connectivity index (χ3v) is 3.15. The van der Waals surface area contributed by atoms with Crippen molar-refractivity contribution in [2.45, 2.75) is 25.6 Å². The summed E-state index contributed by atoms with van der Waals surface area (Å²) in [4.78, 5) is 0.931. The van der Waals surface area contributed by atoms with E-state index in [0.29, 0.717) is 4.34 Å². The van der Waals surface area contributed by atoms with E-state index >= 15 is 0 Å². The standard InChI is InChI=1S/C9H13ClFNS/c1-9(2,11)8(12-3)6-4-5-7(10)13-6/h4-5,8,12H,1-3H3. The highest BCUT2D eigenvalue weighted by Gasteiger charge is 2.30. The molecule has 13 heavy (non-hydrogen) atoms. The summed E-state index contributed by atoms with van der Waals surface area (Å²) < 4.78 is 14.3. The number of rotatable bonds is 3. The van der Waals surface area contributed by atoms with Gasteiger partial charge in [0.05, 0.1) is 10.4 Å². The molecular weight excluding hydrogens is 209 g/mol. The molecule has 0 amide bonds. The Labute approximate surface area is 86.9 Å². The summed E-state index contributed by atoms with van der Waals surface area (Å²) in [7, 11) is 1.75. The fourth-order valence-corrected chi connectivity index (χ4v) is 2.65. The smallest absolute Gasteiger partial charge is 0.125 e. The third kappa shape index (κ3) is 2.66. The predicted octanol–water partition coefficient (Wildman–Crippen LogP) is 3.41. The second kappa shape index (κ2) is 3.95. The van der Waals surface area contributed by atoms with Gasteiger partial charge < -0.3 is 5.32 Å². The van der Waals surface area contributed by atoms with Crippen molar-refractivity contribution < 1.29 is 4.39 Å². The first-order valence-electron chi connectivity index (χ1n) is 4.06. The average Bonchev–Trinajstić information content (AvgIpc) is 2.34. The monoisotopic (exact) mass is 221 g/mol. The highest BCUT2D eigenvalue weighted by Crippen LogP contribution is 2.34. The number of hydrogen-bond acceptors (Lipinski definition) is 2. The summed E-state index contributed by atoms with van der Waals surface area (Å²) in [5, 5.41) is 2.95. The van der Waals surface area contributed by atoms with Crippen LogP contribution in [0.5, 0.6) is 0 Å². The lowest BCUT2D eigenvalue weighted by Gasteiger charge is -2.25. The maximum Gasteiger partial charge on any atom is 0.125 e. The molecule has 0 saturated carbocycles. The minimum atomic E-state index is -1.27. The van der Waals surface area contributed by atoms with Gasteiger partial charge in [0.25, 0.3) is 0 Å². The van der Waals surface area contributed by atoms with Gasteiger partial charge in [-0.15, -0.1) is 11.3 Å². The molecule has 1 N–H and O–H groups in total. The van der Waals surface area contributed by atoms with Crippen LogP contribution in [0.3, 0.4) is 0 Å². The van der Waals surface area contributed by atoms with E-state index < -0.39 is 5.67 Å². The molecule has 0 bridgehead atoms. The zero-order chi connectivity index (χ0) is 10.1. The fourth-order valence-electron chi connectivity index (χ4n) is 1.31. The van der Waals surface area contributed by atoms with E-state index in [4.69, 9.17) is 11.6 Å². The molecule has 0 aliphatic heterocycles. The molecule has 74 valence electrons. The van der Waals surface area contributed by atoms with Crippen LogP contribution >= 0.6 is 22.9 Å². The first-order chi connectivity index (χ1) is 5.95. The molecule has 1 aromatic heterocycles. The molecule has 1 rings (SSSR count). The van der Waals surface area contributed by atoms with Gasteiger partial charge in [-0.1, -0.05) is 11.6 Å². The molecule has 1 heterocycles. The summed E-state index contributed by atoms with van der Waals surface area (Å²) in [5.74, 6) is 0. The summed E-state index contributed by atoms with van der Waals surface area (Å²) >= 11 is 7.19. The molecule has 0 spiro atoms. The molecule has 1 atom stereocenters. The number of hydrogen-bond donors (Lipinski definition) is 1. The van der Waals surface area contributed by atoms with Crippen LogP contribution in [0.25, 0.3) is 0 Å². The van der Waals surface area contributed by atoms with Crippen LogP contribution in [0.1, 0.15) is 24.8 Å². The van der Waals surface area contributed by atoms with Crippen LogP contribution < -0.4 is 5.32 Å². The Morgan fingerprint density at radius 2 is 2.15 bits per heavy atom. The summed E-state index contributed by atoms with van der Waals surface area (Å²) in [6, 6.07) is 3.36. The van der Waals surface area contributed by atoms with Crippen LogP contribution in [0, 0.1) is 0 Å². The first-order valence-corrected chi connectivity index (χ1v) is 5.26. The van der Waals surface area contributed by atoms with E-state index in [2.05, 4.69) is 5.32 Å². The molecule has 0 aliphatic carbocycles. The Balaban J connectivity index is 2.91. The van der Waals surface area contributed by atoms with Gasteiger partial charge in [0.2, 0.25) is 0 Å². The molecule has 0 aliphatic rings. The lowest BCUT2D eigenvalue weighted by molar-refractivity contribution is 0.157. The van der Waals surface area contributed by atoms with Crippen molar-refractivity contribution in [3.05, 3.63) is 21.3 Å². The van der Waals surface area contributed by atoms with Crippen LogP contribution in [0.4, 0.5) is 4.39 Å². The van der Waals surface area contributed by atoms with E-state index in [1.807, 2.05) is 6.07 Å². The molecule has 0 saturated heterocycles. The van der Waals surface area contributed by atoms with Gasteiger partial charge in [-0.3, -0.25) is 0 Å². The maximum absolute atomic E-state index is 13.6. The zero-order valence-electron chi connectivity index (χ0n) is 7.90. The first kappa shape index (κ1) is 11.0. The van der Waals surface area contributed by atoms with Crippen molar-refractivity contribution in [2.24, 2.45) is 0 Å². The molecule has 0 aromatic carbocycles. The van der Waals surface area contributed by atoms with Crippen LogP contribution in [-0.2, 0) is 0 Å². The number of nitrogens with one attached hydrogen (secondary N) is 1. The quantitative estimate of drug-likeness (QED) is 0.825. The Hall–Kier alpha value is -0.120. The SMILES string of the molecule is CNC(c1ccc(Cl)s1)C(C)(C)F. The highest BCUT2D eigenvalue weighted by atomic mass is 35.5. The van der Waals surface area contributed by atoms with Crippen molar-refractivity contribution in [2.75, 3.05) is 7.05 Å². The van der Waals surface area contributed by atoms with Gasteiger partial charge in [-0.05, 0) is 33.0 Å². The number of halogens is 2. The molecule has 0 radical (unpaired) electrons. The minimum absolute atomic E-state index is 0.287. The van der Waals surface area contributed by atoms with Gasteiger partial charge in [-0.2, -0.15) is 0 Å². The highest BCUT2D eigenvalue weighted by molar-refractivity contribution is 7.16. The summed E-state index contributed by atoms with van der Waals surface area (Å²) in [6.45, 7) is 3.11. The summed E-state index contributed by atoms with van der Waals surface area (Å²) in [6.07, 6.45) is 0. The Bertz CT molecular complexity index is 279. The van der Waals surface area contributed by atoms with Crippen molar-refractivity contribution in [1.82, 2.24) is 5.32 Å². The van der Waals surface area contributed by atoms with Crippen LogP contribution in [0.2, 0.25) is 4.34 Å². The van der Waals surface area contributed by atoms with Gasteiger partial charge >= 0.3 is 0 Å². The molecule has 4 heteroatoms. The van der Waals surface area contributed by atoms with Gasteiger partial charge in [0, 0.05) is 4.88 Å². The normalized spacial score (nSPS) is 14.5. The Kier molecular flexibility index (Phi) is 3.33. The van der Waals surface area contributed by atoms with Crippen molar-refractivity contribution in [3.8, 4) is 0 Å². The minimum Gasteiger partial charge on any atom is -0.310 e. The van der Waals surface area contributed by atoms with E-state index in [9.17, 15) is 4.39 Å². The largest absolute Gasteiger partial charge is 0.310 e. The second-order valence-corrected chi connectivity index (χ2v) is 5.17. The Morgan fingerprint density at radius 1 is 1.54 bits per heavy atom. The predicted molar refractivity (Wildman–Crippen MR) is 56.3 cm³/mol. The number of thiophene rings is 1. The van der Waals surface area contributed by atoms with Crippen LogP contribution in [0.15, 0.2) is 12.1 Å². The van der Waals surface area contributed by atoms with Gasteiger partial charge in [0.15, 0.2) is 0 Å². The lowest BCUT2D eigenvalue weighted by Crippen LogP contribution is -2.33. The summed E-state index contributed by atoms with van der Waals surface area (Å²) in [5.41, 5.74) is -1.27. The molecule has 1 unspecified atom stereocenters. The molecular formula is C9H13ClFNS. The molecule has 0 fully saturated rings. The fraction of sp³-hybridized carbons (Fsp3) is 0.556. The average molecular weight is 222 g/mol. The second-order valence-electron chi connectivity index (χ2n) is 3.43. The van der Waals surface area contributed by atoms with E-state index in [1.165, 1.54) is 11.3 Å². The maximum atomic E-state index is 13.6. The van der Waals surface area contributed by atoms with Crippen molar-refractivity contribution >= 4 is 22.9 Å². The van der Waals surface area contributed by atoms with Crippen molar-refractivity contribution in [3.63, 3.8) is 0 Å². The van der Waals surface area contributed by atoms with Gasteiger partial charge in [0.1, 0.15) is 5.67 Å². The van der Waals surface area contributed by atoms with Crippen molar-refractivity contribution in [1.29, 1.82) is 0 Å². The zero-order valence-corrected chi connectivity index (χ0v) is 9.47. The number of alkyl halides is 1. The molecule has 1 aromatic rings. The molecule has 1 nitrogen and oxygen atoms in total. The van der Waals surface area contributed by atoms with E-state index in [-0.39, 0.29) is 6.04 Å². The Morgan fingerprint density at radius 3 is 2.46 bits per heavy atom. The third-order valence-electron chi connectivity index (χ3n) is 1.85. The van der Waals surface area contributed by atoms with Crippen LogP contribution in [-0.4, -0.2) is 12.7 Å². The lowest BCUT2D eigenvalue weighted by atomic mass is 10.00. The van der Waals surface area contributed by atoms with Gasteiger partial charge in [-0.25, -0.2) is 4.39 Å². The van der Waals surface area contributed by atoms with E-state index in [0.717, 1.165) is 4.88 Å². The van der Waals surface area contributed by atoms with E-state index in [1.54, 1.807) is 27.0 Å². The topological polar surface area (TPSA) is 12.0 Å².